The second kappa shape index (κ2) is 9.08. The van der Waals surface area contributed by atoms with Crippen LogP contribution < -0.4 is 10.6 Å². The molecule has 0 spiro atoms. The molecule has 0 aliphatic carbocycles. The molecule has 2 aromatic rings. The average Bonchev–Trinajstić information content (AvgIpc) is 2.88. The van der Waals surface area contributed by atoms with Crippen LogP contribution in [0.5, 0.6) is 0 Å². The van der Waals surface area contributed by atoms with Crippen molar-refractivity contribution in [3.05, 3.63) is 35.8 Å². The largest absolute Gasteiger partial charge is 0.378 e. The molecule has 0 radical (unpaired) electrons. The van der Waals surface area contributed by atoms with Crippen molar-refractivity contribution in [1.82, 2.24) is 20.0 Å². The van der Waals surface area contributed by atoms with Gasteiger partial charge in [0, 0.05) is 31.4 Å². The molecule has 1 aliphatic rings. The zero-order chi connectivity index (χ0) is 14.7. The van der Waals surface area contributed by atoms with Gasteiger partial charge in [-0.3, -0.25) is 4.79 Å². The molecule has 0 saturated carbocycles. The van der Waals surface area contributed by atoms with Crippen LogP contribution in [0.15, 0.2) is 24.5 Å². The number of imidazole rings is 1. The van der Waals surface area contributed by atoms with Crippen LogP contribution in [0.1, 0.15) is 17.7 Å². The Morgan fingerprint density at radius 2 is 2.35 bits per heavy atom. The summed E-state index contributed by atoms with van der Waals surface area (Å²) in [5.74, 6) is 0.0197. The number of aromatic nitrogens is 2. The molecule has 128 valence electrons. The lowest BCUT2D eigenvalue weighted by Gasteiger charge is -2.23. The maximum Gasteiger partial charge on any atom is 0.221 e. The van der Waals surface area contributed by atoms with Gasteiger partial charge in [-0.15, -0.1) is 24.8 Å². The van der Waals surface area contributed by atoms with Crippen molar-refractivity contribution in [2.24, 2.45) is 0 Å². The summed E-state index contributed by atoms with van der Waals surface area (Å²) < 4.78 is 7.30. The van der Waals surface area contributed by atoms with E-state index in [1.54, 1.807) is 0 Å². The second-order valence-electron chi connectivity index (χ2n) is 5.41. The van der Waals surface area contributed by atoms with Crippen molar-refractivity contribution in [2.45, 2.75) is 25.9 Å². The SMILES string of the molecule is Cc1ccn2cc(CNC(=O)CC3COCCN3)nc2c1.Cl.Cl. The quantitative estimate of drug-likeness (QED) is 0.866. The highest BCUT2D eigenvalue weighted by Crippen LogP contribution is 2.07. The van der Waals surface area contributed by atoms with Gasteiger partial charge in [0.05, 0.1) is 25.5 Å². The van der Waals surface area contributed by atoms with Crippen molar-refractivity contribution in [3.63, 3.8) is 0 Å². The molecule has 8 heteroatoms. The first-order valence-electron chi connectivity index (χ1n) is 7.23. The predicted molar refractivity (Wildman–Crippen MR) is 93.5 cm³/mol. The Balaban J connectivity index is 0.00000132. The normalized spacial score (nSPS) is 17.2. The molecule has 1 atom stereocenters. The second-order valence-corrected chi connectivity index (χ2v) is 5.41. The third-order valence-corrected chi connectivity index (χ3v) is 3.56. The van der Waals surface area contributed by atoms with Crippen molar-refractivity contribution >= 4 is 36.4 Å². The Morgan fingerprint density at radius 1 is 1.52 bits per heavy atom. The van der Waals surface area contributed by atoms with Gasteiger partial charge in [0.15, 0.2) is 0 Å². The summed E-state index contributed by atoms with van der Waals surface area (Å²) in [4.78, 5) is 16.4. The van der Waals surface area contributed by atoms with Crippen LogP contribution in [-0.4, -0.2) is 41.1 Å². The van der Waals surface area contributed by atoms with Crippen LogP contribution in [0.3, 0.4) is 0 Å². The summed E-state index contributed by atoms with van der Waals surface area (Å²) in [6, 6.07) is 4.17. The highest BCUT2D eigenvalue weighted by atomic mass is 35.5. The van der Waals surface area contributed by atoms with E-state index in [1.165, 1.54) is 5.56 Å². The number of hydrogen-bond acceptors (Lipinski definition) is 4. The van der Waals surface area contributed by atoms with Gasteiger partial charge >= 0.3 is 0 Å². The summed E-state index contributed by atoms with van der Waals surface area (Å²) in [7, 11) is 0. The molecule has 0 bridgehead atoms. The van der Waals surface area contributed by atoms with Crippen LogP contribution in [0.4, 0.5) is 0 Å². The summed E-state index contributed by atoms with van der Waals surface area (Å²) in [5.41, 5.74) is 2.94. The highest BCUT2D eigenvalue weighted by Gasteiger charge is 2.16. The molecule has 6 nitrogen and oxygen atoms in total. The summed E-state index contributed by atoms with van der Waals surface area (Å²) in [5, 5.41) is 6.18. The maximum absolute atomic E-state index is 11.9. The highest BCUT2D eigenvalue weighted by molar-refractivity contribution is 5.85. The number of carbonyl (C=O) groups is 1. The smallest absolute Gasteiger partial charge is 0.221 e. The number of ether oxygens (including phenoxy) is 1. The van der Waals surface area contributed by atoms with Crippen molar-refractivity contribution < 1.29 is 9.53 Å². The van der Waals surface area contributed by atoms with Gasteiger partial charge in [-0.05, 0) is 24.6 Å². The van der Waals surface area contributed by atoms with Crippen LogP contribution in [0.2, 0.25) is 0 Å². The molecule has 1 saturated heterocycles. The lowest BCUT2D eigenvalue weighted by atomic mass is 10.2. The molecule has 3 heterocycles. The first kappa shape index (κ1) is 19.7. The number of nitrogens with zero attached hydrogens (tertiary/aromatic N) is 2. The van der Waals surface area contributed by atoms with E-state index in [0.29, 0.717) is 19.6 Å². The fourth-order valence-corrected chi connectivity index (χ4v) is 2.46. The van der Waals surface area contributed by atoms with E-state index in [2.05, 4.69) is 15.6 Å². The first-order valence-corrected chi connectivity index (χ1v) is 7.23. The third-order valence-electron chi connectivity index (χ3n) is 3.56. The Labute approximate surface area is 147 Å². The van der Waals surface area contributed by atoms with Gasteiger partial charge in [-0.25, -0.2) is 4.98 Å². The fourth-order valence-electron chi connectivity index (χ4n) is 2.46. The number of amides is 1. The summed E-state index contributed by atoms with van der Waals surface area (Å²) in [6.07, 6.45) is 4.36. The van der Waals surface area contributed by atoms with Crippen molar-refractivity contribution in [2.75, 3.05) is 19.8 Å². The number of pyridine rings is 1. The molecule has 2 aromatic heterocycles. The fraction of sp³-hybridized carbons (Fsp3) is 0.467. The number of fused-ring (bicyclic) bond motifs is 1. The minimum Gasteiger partial charge on any atom is -0.378 e. The van der Waals surface area contributed by atoms with Gasteiger partial charge in [0.1, 0.15) is 5.65 Å². The van der Waals surface area contributed by atoms with Gasteiger partial charge in [-0.1, -0.05) is 0 Å². The summed E-state index contributed by atoms with van der Waals surface area (Å²) >= 11 is 0. The standard InChI is InChI=1S/C15H20N4O2.2ClH/c1-11-2-4-19-9-13(18-14(19)6-11)8-17-15(20)7-12-10-21-5-3-16-12;;/h2,4,6,9,12,16H,3,5,7-8,10H2,1H3,(H,17,20);2*1H. The number of aryl methyl sites for hydroxylation is 1. The number of nitrogens with one attached hydrogen (secondary N) is 2. The zero-order valence-electron chi connectivity index (χ0n) is 12.9. The molecule has 2 N–H and O–H groups in total. The van der Waals surface area contributed by atoms with E-state index in [1.807, 2.05) is 35.9 Å². The number of rotatable bonds is 4. The van der Waals surface area contributed by atoms with Gasteiger partial charge < -0.3 is 19.8 Å². The molecular formula is C15H22Cl2N4O2. The Morgan fingerprint density at radius 3 is 3.09 bits per heavy atom. The lowest BCUT2D eigenvalue weighted by Crippen LogP contribution is -2.44. The summed E-state index contributed by atoms with van der Waals surface area (Å²) in [6.45, 7) is 4.62. The predicted octanol–water partition coefficient (Wildman–Crippen LogP) is 1.48. The minimum atomic E-state index is 0. The number of halogens is 2. The molecule has 3 rings (SSSR count). The van der Waals surface area contributed by atoms with Crippen molar-refractivity contribution in [1.29, 1.82) is 0 Å². The van der Waals surface area contributed by atoms with E-state index in [-0.39, 0.29) is 36.8 Å². The van der Waals surface area contributed by atoms with E-state index < -0.39 is 0 Å². The number of morpholine rings is 1. The van der Waals surface area contributed by atoms with E-state index in [0.717, 1.165) is 24.5 Å². The van der Waals surface area contributed by atoms with Gasteiger partial charge in [0.2, 0.25) is 5.91 Å². The van der Waals surface area contributed by atoms with E-state index in [9.17, 15) is 4.79 Å². The Bertz CT molecular complexity index is 641. The van der Waals surface area contributed by atoms with Crippen LogP contribution >= 0.6 is 24.8 Å². The van der Waals surface area contributed by atoms with Gasteiger partial charge in [-0.2, -0.15) is 0 Å². The molecule has 1 unspecified atom stereocenters. The minimum absolute atomic E-state index is 0. The Hall–Kier alpha value is -1.34. The number of carbonyl (C=O) groups excluding carboxylic acids is 1. The molecule has 1 fully saturated rings. The van der Waals surface area contributed by atoms with Gasteiger partial charge in [0.25, 0.3) is 0 Å². The van der Waals surface area contributed by atoms with Crippen LogP contribution in [0.25, 0.3) is 5.65 Å². The molecular weight excluding hydrogens is 339 g/mol. The van der Waals surface area contributed by atoms with E-state index >= 15 is 0 Å². The maximum atomic E-state index is 11.9. The van der Waals surface area contributed by atoms with Crippen molar-refractivity contribution in [3.8, 4) is 0 Å². The monoisotopic (exact) mass is 360 g/mol. The zero-order valence-corrected chi connectivity index (χ0v) is 14.6. The topological polar surface area (TPSA) is 67.7 Å². The third kappa shape index (κ3) is 5.35. The molecule has 0 aromatic carbocycles. The van der Waals surface area contributed by atoms with Crippen LogP contribution in [-0.2, 0) is 16.1 Å². The molecule has 1 aliphatic heterocycles. The molecule has 1 amide bonds. The van der Waals surface area contributed by atoms with E-state index in [4.69, 9.17) is 4.74 Å². The first-order chi connectivity index (χ1) is 10.2. The average molecular weight is 361 g/mol. The molecule has 23 heavy (non-hydrogen) atoms. The number of hydrogen-bond donors (Lipinski definition) is 2. The van der Waals surface area contributed by atoms with Crippen LogP contribution in [0, 0.1) is 6.92 Å². The Kier molecular flexibility index (Phi) is 7.78. The lowest BCUT2D eigenvalue weighted by molar-refractivity contribution is -0.122.